The Bertz CT molecular complexity index is 480. The summed E-state index contributed by atoms with van der Waals surface area (Å²) in [6.07, 6.45) is 2.94. The molecule has 0 fully saturated rings. The van der Waals surface area contributed by atoms with Crippen LogP contribution in [0.3, 0.4) is 0 Å². The van der Waals surface area contributed by atoms with Gasteiger partial charge in [-0.1, -0.05) is 18.2 Å². The van der Waals surface area contributed by atoms with Crippen LogP contribution in [-0.4, -0.2) is 10.5 Å². The second-order valence-electron chi connectivity index (χ2n) is 4.52. The van der Waals surface area contributed by atoms with Crippen LogP contribution in [0.15, 0.2) is 35.8 Å². The Morgan fingerprint density at radius 1 is 1.35 bits per heavy atom. The SMILES string of the molecule is CC(N)(Cc1nccs1)Cc1ccccc1F. The first-order chi connectivity index (χ1) is 8.07. The first-order valence-corrected chi connectivity index (χ1v) is 6.35. The molecule has 0 saturated heterocycles. The van der Waals surface area contributed by atoms with Gasteiger partial charge in [-0.15, -0.1) is 11.3 Å². The number of nitrogens with two attached hydrogens (primary N) is 1. The van der Waals surface area contributed by atoms with Crippen molar-refractivity contribution in [1.82, 2.24) is 4.98 Å². The van der Waals surface area contributed by atoms with E-state index in [4.69, 9.17) is 5.73 Å². The molecule has 4 heteroatoms. The summed E-state index contributed by atoms with van der Waals surface area (Å²) in [6, 6.07) is 6.77. The lowest BCUT2D eigenvalue weighted by molar-refractivity contribution is 0.450. The van der Waals surface area contributed by atoms with E-state index >= 15 is 0 Å². The van der Waals surface area contributed by atoms with Gasteiger partial charge in [-0.3, -0.25) is 0 Å². The molecule has 0 aliphatic rings. The molecule has 17 heavy (non-hydrogen) atoms. The van der Waals surface area contributed by atoms with Gasteiger partial charge in [0.15, 0.2) is 0 Å². The monoisotopic (exact) mass is 250 g/mol. The minimum Gasteiger partial charge on any atom is -0.325 e. The average Bonchev–Trinajstić information content (AvgIpc) is 2.73. The van der Waals surface area contributed by atoms with E-state index in [0.717, 1.165) is 5.01 Å². The number of thiazole rings is 1. The van der Waals surface area contributed by atoms with Crippen LogP contribution in [0.25, 0.3) is 0 Å². The molecule has 0 spiro atoms. The van der Waals surface area contributed by atoms with Gasteiger partial charge in [0.1, 0.15) is 5.82 Å². The molecule has 2 nitrogen and oxygen atoms in total. The predicted octanol–water partition coefficient (Wildman–Crippen LogP) is 2.78. The van der Waals surface area contributed by atoms with Crippen molar-refractivity contribution in [2.75, 3.05) is 0 Å². The van der Waals surface area contributed by atoms with E-state index < -0.39 is 5.54 Å². The number of halogens is 1. The van der Waals surface area contributed by atoms with Gasteiger partial charge in [-0.25, -0.2) is 9.37 Å². The highest BCUT2D eigenvalue weighted by Crippen LogP contribution is 2.19. The number of benzene rings is 1. The Balaban J connectivity index is 2.09. The van der Waals surface area contributed by atoms with Gasteiger partial charge in [0.25, 0.3) is 0 Å². The Morgan fingerprint density at radius 3 is 2.76 bits per heavy atom. The van der Waals surface area contributed by atoms with E-state index in [0.29, 0.717) is 18.4 Å². The van der Waals surface area contributed by atoms with Gasteiger partial charge < -0.3 is 5.73 Å². The van der Waals surface area contributed by atoms with E-state index in [9.17, 15) is 4.39 Å². The van der Waals surface area contributed by atoms with E-state index in [1.54, 1.807) is 29.7 Å². The molecule has 0 amide bonds. The van der Waals surface area contributed by atoms with Crippen molar-refractivity contribution in [3.8, 4) is 0 Å². The van der Waals surface area contributed by atoms with Crippen LogP contribution >= 0.6 is 11.3 Å². The third-order valence-corrected chi connectivity index (χ3v) is 3.37. The quantitative estimate of drug-likeness (QED) is 0.906. The summed E-state index contributed by atoms with van der Waals surface area (Å²) in [5, 5.41) is 2.92. The van der Waals surface area contributed by atoms with Gasteiger partial charge in [-0.2, -0.15) is 0 Å². The smallest absolute Gasteiger partial charge is 0.126 e. The normalized spacial score (nSPS) is 14.5. The van der Waals surface area contributed by atoms with Gasteiger partial charge in [0.2, 0.25) is 0 Å². The van der Waals surface area contributed by atoms with Crippen molar-refractivity contribution in [3.05, 3.63) is 52.2 Å². The Morgan fingerprint density at radius 2 is 2.12 bits per heavy atom. The van der Waals surface area contributed by atoms with Crippen LogP contribution < -0.4 is 5.73 Å². The van der Waals surface area contributed by atoms with Crippen LogP contribution in [0.5, 0.6) is 0 Å². The van der Waals surface area contributed by atoms with Crippen molar-refractivity contribution in [3.63, 3.8) is 0 Å². The zero-order valence-corrected chi connectivity index (χ0v) is 10.5. The second-order valence-corrected chi connectivity index (χ2v) is 5.50. The van der Waals surface area contributed by atoms with Crippen LogP contribution in [0.1, 0.15) is 17.5 Å². The van der Waals surface area contributed by atoms with Crippen LogP contribution in [-0.2, 0) is 12.8 Å². The van der Waals surface area contributed by atoms with Gasteiger partial charge in [-0.05, 0) is 25.0 Å². The molecule has 2 N–H and O–H groups in total. The van der Waals surface area contributed by atoms with Crippen molar-refractivity contribution in [2.24, 2.45) is 5.73 Å². The zero-order valence-electron chi connectivity index (χ0n) is 9.69. The number of nitrogens with zero attached hydrogens (tertiary/aromatic N) is 1. The largest absolute Gasteiger partial charge is 0.325 e. The standard InChI is InChI=1S/C13H15FN2S/c1-13(15,9-12-16-6-7-17-12)8-10-4-2-3-5-11(10)14/h2-7H,8-9,15H2,1H3. The molecule has 90 valence electrons. The lowest BCUT2D eigenvalue weighted by Crippen LogP contribution is -2.41. The highest BCUT2D eigenvalue weighted by atomic mass is 32.1. The van der Waals surface area contributed by atoms with Crippen molar-refractivity contribution in [2.45, 2.75) is 25.3 Å². The molecule has 0 aliphatic carbocycles. The molecule has 0 radical (unpaired) electrons. The fourth-order valence-electron chi connectivity index (χ4n) is 1.83. The highest BCUT2D eigenvalue weighted by molar-refractivity contribution is 7.09. The molecule has 1 atom stereocenters. The third kappa shape index (κ3) is 3.35. The predicted molar refractivity (Wildman–Crippen MR) is 68.5 cm³/mol. The van der Waals surface area contributed by atoms with Crippen molar-refractivity contribution in [1.29, 1.82) is 0 Å². The summed E-state index contributed by atoms with van der Waals surface area (Å²) in [7, 11) is 0. The molecule has 0 saturated carbocycles. The Labute approximate surface area is 104 Å². The lowest BCUT2D eigenvalue weighted by atomic mass is 9.91. The molecule has 1 aromatic carbocycles. The maximum Gasteiger partial charge on any atom is 0.126 e. The molecule has 2 aromatic rings. The number of hydrogen-bond donors (Lipinski definition) is 1. The fourth-order valence-corrected chi connectivity index (χ4v) is 2.64. The Hall–Kier alpha value is -1.26. The molecule has 1 unspecified atom stereocenters. The minimum absolute atomic E-state index is 0.191. The first kappa shape index (κ1) is 12.2. The molecular weight excluding hydrogens is 235 g/mol. The van der Waals surface area contributed by atoms with Gasteiger partial charge in [0, 0.05) is 23.5 Å². The summed E-state index contributed by atoms with van der Waals surface area (Å²) in [5.74, 6) is -0.191. The number of hydrogen-bond acceptors (Lipinski definition) is 3. The summed E-state index contributed by atoms with van der Waals surface area (Å²) >= 11 is 1.58. The van der Waals surface area contributed by atoms with E-state index in [-0.39, 0.29) is 5.82 Å². The topological polar surface area (TPSA) is 38.9 Å². The van der Waals surface area contributed by atoms with Crippen molar-refractivity contribution >= 4 is 11.3 Å². The number of aromatic nitrogens is 1. The molecule has 0 bridgehead atoms. The minimum atomic E-state index is -0.472. The van der Waals surface area contributed by atoms with Crippen molar-refractivity contribution < 1.29 is 4.39 Å². The summed E-state index contributed by atoms with van der Waals surface area (Å²) in [5.41, 5.74) is 6.40. The molecule has 1 heterocycles. The zero-order chi connectivity index (χ0) is 12.3. The van der Waals surface area contributed by atoms with Crippen LogP contribution in [0, 0.1) is 5.82 Å². The number of rotatable bonds is 4. The van der Waals surface area contributed by atoms with Gasteiger partial charge in [0.05, 0.1) is 5.01 Å². The third-order valence-electron chi connectivity index (χ3n) is 2.59. The van der Waals surface area contributed by atoms with Gasteiger partial charge >= 0.3 is 0 Å². The average molecular weight is 250 g/mol. The van der Waals surface area contributed by atoms with E-state index in [1.165, 1.54) is 6.07 Å². The second kappa shape index (κ2) is 4.94. The molecule has 1 aromatic heterocycles. The lowest BCUT2D eigenvalue weighted by Gasteiger charge is -2.23. The summed E-state index contributed by atoms with van der Waals surface area (Å²) < 4.78 is 13.5. The molecule has 2 rings (SSSR count). The summed E-state index contributed by atoms with van der Waals surface area (Å²) in [6.45, 7) is 1.93. The maximum absolute atomic E-state index is 13.5. The van der Waals surface area contributed by atoms with E-state index in [2.05, 4.69) is 4.98 Å². The fraction of sp³-hybridized carbons (Fsp3) is 0.308. The Kier molecular flexibility index (Phi) is 3.54. The molecule has 0 aliphatic heterocycles. The van der Waals surface area contributed by atoms with Crippen LogP contribution in [0.2, 0.25) is 0 Å². The molecular formula is C13H15FN2S. The summed E-state index contributed by atoms with van der Waals surface area (Å²) in [4.78, 5) is 4.21. The van der Waals surface area contributed by atoms with E-state index in [1.807, 2.05) is 18.4 Å². The highest BCUT2D eigenvalue weighted by Gasteiger charge is 2.22. The first-order valence-electron chi connectivity index (χ1n) is 5.47. The maximum atomic E-state index is 13.5. The van der Waals surface area contributed by atoms with Crippen LogP contribution in [0.4, 0.5) is 4.39 Å².